The van der Waals surface area contributed by atoms with Crippen molar-refractivity contribution in [2.75, 3.05) is 6.54 Å². The minimum absolute atomic E-state index is 0.145. The first kappa shape index (κ1) is 45.1. The Balaban J connectivity index is 2.60. The third-order valence-corrected chi connectivity index (χ3v) is 8.73. The molecule has 0 radical (unpaired) electrons. The van der Waals surface area contributed by atoms with Crippen LogP contribution in [0, 0.1) is 0 Å². The molecule has 0 heterocycles. The summed E-state index contributed by atoms with van der Waals surface area (Å²) in [5.41, 5.74) is 9.46. The maximum Gasteiger partial charge on any atom is 0.407 e. The Morgan fingerprint density at radius 1 is 0.796 bits per heavy atom. The van der Waals surface area contributed by atoms with E-state index in [1.54, 1.807) is 30.3 Å². The van der Waals surface area contributed by atoms with E-state index in [2.05, 4.69) is 22.9 Å². The summed E-state index contributed by atoms with van der Waals surface area (Å²) < 4.78 is 12.7. The van der Waals surface area contributed by atoms with Gasteiger partial charge in [0.15, 0.2) is 12.7 Å². The molecule has 2 unspecified atom stereocenters. The molecule has 54 heavy (non-hydrogen) atoms. The number of carbonyl (C=O) groups excluding carboxylic acids is 6. The highest BCUT2D eigenvalue weighted by molar-refractivity contribution is 6.07. The molecule has 1 rings (SSSR count). The van der Waals surface area contributed by atoms with Gasteiger partial charge in [-0.2, -0.15) is 0 Å². The third kappa shape index (κ3) is 19.1. The molecule has 0 fully saturated rings. The minimum Gasteiger partial charge on any atom is -0.480 e. The number of carboxylic acids is 2. The highest BCUT2D eigenvalue weighted by Gasteiger charge is 2.42. The summed E-state index contributed by atoms with van der Waals surface area (Å²) in [6.45, 7) is 2.58. The lowest BCUT2D eigenvalue weighted by Gasteiger charge is -2.25. The zero-order valence-corrected chi connectivity index (χ0v) is 31.3. The van der Waals surface area contributed by atoms with Crippen molar-refractivity contribution in [3.05, 3.63) is 35.9 Å². The van der Waals surface area contributed by atoms with E-state index in [9.17, 15) is 48.6 Å². The molecule has 0 aliphatic heterocycles. The van der Waals surface area contributed by atoms with Crippen LogP contribution < -0.4 is 32.7 Å². The van der Waals surface area contributed by atoms with Crippen LogP contribution in [0.15, 0.2) is 30.3 Å². The van der Waals surface area contributed by atoms with Crippen LogP contribution in [0.2, 0.25) is 1.41 Å². The minimum atomic E-state index is -2.52. The highest BCUT2D eigenvalue weighted by Crippen LogP contribution is 2.18. The Bertz CT molecular complexity index is 1430. The SMILES string of the molecule is [2H]N(CC(=O)NC(CCCC(N)(C(=O)O)C(=O)CC[C@@H](NC(=O)[C@H](C)NC(=O)CCCCCCCCCCC)C(=O)O)C(N)=O)C(=O)OCc1ccccc1. The largest absolute Gasteiger partial charge is 0.480 e. The van der Waals surface area contributed by atoms with E-state index in [1.807, 2.05) is 0 Å². The van der Waals surface area contributed by atoms with E-state index < -0.39 is 91.0 Å². The van der Waals surface area contributed by atoms with Crippen molar-refractivity contribution in [2.24, 2.45) is 11.5 Å². The van der Waals surface area contributed by atoms with Crippen LogP contribution in [0.3, 0.4) is 0 Å². The molecule has 0 aromatic heterocycles. The van der Waals surface area contributed by atoms with Gasteiger partial charge in [0, 0.05) is 12.8 Å². The van der Waals surface area contributed by atoms with Crippen LogP contribution in [-0.4, -0.2) is 87.9 Å². The van der Waals surface area contributed by atoms with Crippen molar-refractivity contribution in [2.45, 2.75) is 140 Å². The number of nitrogens with two attached hydrogens (primary N) is 2. The molecule has 302 valence electrons. The van der Waals surface area contributed by atoms with Crippen LogP contribution in [0.25, 0.3) is 0 Å². The zero-order chi connectivity index (χ0) is 41.4. The predicted molar refractivity (Wildman–Crippen MR) is 197 cm³/mol. The molecule has 0 bridgehead atoms. The average Bonchev–Trinajstić information content (AvgIpc) is 3.13. The molecule has 0 saturated carbocycles. The van der Waals surface area contributed by atoms with E-state index in [0.29, 0.717) is 12.0 Å². The van der Waals surface area contributed by atoms with E-state index in [4.69, 9.17) is 17.6 Å². The van der Waals surface area contributed by atoms with Crippen molar-refractivity contribution in [3.63, 3.8) is 0 Å². The molecule has 17 heteroatoms. The number of unbranched alkanes of at least 4 members (excludes halogenated alkanes) is 8. The van der Waals surface area contributed by atoms with Crippen LogP contribution in [0.1, 0.15) is 116 Å². The van der Waals surface area contributed by atoms with Gasteiger partial charge in [0.2, 0.25) is 23.6 Å². The second-order valence-corrected chi connectivity index (χ2v) is 13.3. The van der Waals surface area contributed by atoms with Crippen LogP contribution in [0.4, 0.5) is 4.79 Å². The van der Waals surface area contributed by atoms with Gasteiger partial charge < -0.3 is 47.7 Å². The third-order valence-electron chi connectivity index (χ3n) is 8.73. The molecule has 17 nitrogen and oxygen atoms in total. The number of ketones is 1. The summed E-state index contributed by atoms with van der Waals surface area (Å²) in [5, 5.41) is 26.7. The fraction of sp³-hybridized carbons (Fsp3) is 0.622. The van der Waals surface area contributed by atoms with Gasteiger partial charge in [0.05, 0.1) is 0 Å². The topological polar surface area (TPSA) is 286 Å². The first-order chi connectivity index (χ1) is 26.0. The van der Waals surface area contributed by atoms with E-state index in [1.165, 1.54) is 32.6 Å². The van der Waals surface area contributed by atoms with Gasteiger partial charge >= 0.3 is 18.0 Å². The summed E-state index contributed by atoms with van der Waals surface area (Å²) in [4.78, 5) is 98.6. The van der Waals surface area contributed by atoms with Gasteiger partial charge in [-0.15, -0.1) is 0 Å². The number of primary amides is 1. The molecule has 0 saturated heterocycles. The summed E-state index contributed by atoms with van der Waals surface area (Å²) >= 11 is 0. The molecule has 0 spiro atoms. The standard InChI is InChI=1S/C37H58N6O11/c1-3-4-5-6-7-8-9-10-14-19-30(45)41-25(2)33(48)43-28(34(49)50)20-21-29(44)37(39,35(51)52)22-15-18-27(32(38)47)42-31(46)23-40-36(53)54-24-26-16-12-11-13-17-26/h11-13,16-17,25,27-28H,3-10,14-15,18-24,39H2,1-2H3,(H2,38,47)(H,40,53)(H,41,45)(H,42,46)(H,43,48)(H,49,50)(H,51,52)/t25-,27?,28+,37?/m0/s1/i/hD. The fourth-order valence-electron chi connectivity index (χ4n) is 5.41. The lowest BCUT2D eigenvalue weighted by atomic mass is 9.85. The first-order valence-corrected chi connectivity index (χ1v) is 18.5. The van der Waals surface area contributed by atoms with E-state index in [-0.39, 0.29) is 37.1 Å². The van der Waals surface area contributed by atoms with Crippen molar-refractivity contribution in [1.82, 2.24) is 21.3 Å². The molecule has 1 aromatic rings. The van der Waals surface area contributed by atoms with Crippen molar-refractivity contribution in [3.8, 4) is 0 Å². The van der Waals surface area contributed by atoms with Gasteiger partial charge in [-0.3, -0.25) is 24.0 Å². The van der Waals surface area contributed by atoms with E-state index >= 15 is 0 Å². The monoisotopic (exact) mass is 763 g/mol. The Labute approximate surface area is 317 Å². The summed E-state index contributed by atoms with van der Waals surface area (Å²) in [5.74, 6) is -7.42. The Morgan fingerprint density at radius 3 is 1.98 bits per heavy atom. The number of nitrogens with one attached hydrogen (secondary N) is 4. The van der Waals surface area contributed by atoms with Gasteiger partial charge in [-0.25, -0.2) is 14.4 Å². The van der Waals surface area contributed by atoms with Gasteiger partial charge in [-0.1, -0.05) is 88.6 Å². The summed E-state index contributed by atoms with van der Waals surface area (Å²) in [7, 11) is 0. The lowest BCUT2D eigenvalue weighted by Crippen LogP contribution is -2.56. The molecule has 0 aliphatic rings. The predicted octanol–water partition coefficient (Wildman–Crippen LogP) is 2.18. The van der Waals surface area contributed by atoms with E-state index in [0.717, 1.165) is 25.7 Å². The average molecular weight is 764 g/mol. The summed E-state index contributed by atoms with van der Waals surface area (Å²) in [6.07, 6.45) is 6.53. The maximum absolute atomic E-state index is 13.0. The molecular weight excluding hydrogens is 704 g/mol. The maximum atomic E-state index is 13.0. The van der Waals surface area contributed by atoms with Gasteiger partial charge in [-0.05, 0) is 44.6 Å². The number of Topliss-reactive ketones (excluding diaryl/α,β-unsaturated/α-hetero) is 1. The number of benzene rings is 1. The number of hydrogen-bond donors (Lipinski definition) is 8. The highest BCUT2D eigenvalue weighted by atomic mass is 16.5. The zero-order valence-electron chi connectivity index (χ0n) is 32.3. The summed E-state index contributed by atoms with van der Waals surface area (Å²) in [6, 6.07) is 4.53. The van der Waals surface area contributed by atoms with Crippen molar-refractivity contribution in [1.29, 1.82) is 0 Å². The Kier molecular flexibility index (Phi) is 21.6. The Morgan fingerprint density at radius 2 is 1.41 bits per heavy atom. The number of rotatable bonds is 29. The number of carboxylic acid groups (broad SMARTS) is 2. The number of aliphatic carboxylic acids is 2. The smallest absolute Gasteiger partial charge is 0.407 e. The van der Waals surface area contributed by atoms with Crippen LogP contribution in [0.5, 0.6) is 0 Å². The first-order valence-electron chi connectivity index (χ1n) is 18.9. The molecule has 4 atom stereocenters. The van der Waals surface area contributed by atoms with Crippen LogP contribution in [-0.2, 0) is 44.9 Å². The molecule has 5 amide bonds. The molecule has 1 aromatic carbocycles. The second kappa shape index (κ2) is 25.8. The molecular formula is C37H58N6O11. The number of amides is 5. The lowest BCUT2D eigenvalue weighted by molar-refractivity contribution is -0.149. The number of carbonyl (C=O) groups is 8. The quantitative estimate of drug-likeness (QED) is 0.0431. The number of ether oxygens (including phenoxy) is 1. The second-order valence-electron chi connectivity index (χ2n) is 13.3. The normalized spacial score (nSPS) is 13.9. The number of alkyl carbamates (subject to hydrolysis) is 1. The van der Waals surface area contributed by atoms with Crippen LogP contribution >= 0.6 is 0 Å². The van der Waals surface area contributed by atoms with Gasteiger partial charge in [0.25, 0.3) is 0 Å². The Hall–Kier alpha value is -5.06. The van der Waals surface area contributed by atoms with Gasteiger partial charge in [0.1, 0.15) is 31.3 Å². The van der Waals surface area contributed by atoms with Crippen molar-refractivity contribution >= 4 is 47.4 Å². The van der Waals surface area contributed by atoms with Crippen molar-refractivity contribution < 1.29 is 54.7 Å². The molecule has 10 N–H and O–H groups in total. The number of hydrogen-bond acceptors (Lipinski definition) is 10. The fourth-order valence-corrected chi connectivity index (χ4v) is 5.41. The molecule has 0 aliphatic carbocycles.